The van der Waals surface area contributed by atoms with Crippen molar-refractivity contribution in [2.45, 2.75) is 51.4 Å². The Morgan fingerprint density at radius 1 is 0.364 bits per heavy atom. The fourth-order valence-corrected chi connectivity index (χ4v) is 13.4. The molecule has 0 spiro atoms. The average molecular weight is 899 g/mol. The molecule has 6 nitrogen and oxygen atoms in total. The summed E-state index contributed by atoms with van der Waals surface area (Å²) in [6, 6.07) is 66.2. The van der Waals surface area contributed by atoms with Crippen molar-refractivity contribution in [3.05, 3.63) is 228 Å². The highest BCUT2D eigenvalue weighted by Gasteiger charge is 2.34. The molecule has 0 unspecified atom stereocenters. The van der Waals surface area contributed by atoms with Crippen LogP contribution in [0.15, 0.2) is 194 Å². The maximum atomic E-state index is 15.2. The van der Waals surface area contributed by atoms with Crippen LogP contribution < -0.4 is 42.0 Å². The van der Waals surface area contributed by atoms with Gasteiger partial charge in [-0.2, -0.15) is 0 Å². The first kappa shape index (κ1) is 43.1. The fourth-order valence-electron chi connectivity index (χ4n) is 9.48. The minimum atomic E-state index is -1.24. The summed E-state index contributed by atoms with van der Waals surface area (Å²) in [6.45, 7) is 0. The summed E-state index contributed by atoms with van der Waals surface area (Å²) < 4.78 is 0. The smallest absolute Gasteiger partial charge is 0.257 e. The number of carbonyl (C=O) groups excluding carboxylic acids is 2. The minimum absolute atomic E-state index is 0.174. The number of nitrogens with one attached hydrogen (secondary N) is 4. The SMILES string of the molecule is O=C(Nc1ccccc1)c1cc2c(c(-c3c4c(cc(C(=O)Nc5ccccc5)c3NP(c3ccccc3)c3ccccc3)CCCC4)c1NP(c1ccccc1)c1ccccc1)CCCC2. The largest absolute Gasteiger partial charge is 0.356 e. The van der Waals surface area contributed by atoms with Crippen LogP contribution in [-0.4, -0.2) is 11.8 Å². The fraction of sp³-hybridized carbons (Fsp3) is 0.138. The van der Waals surface area contributed by atoms with E-state index in [9.17, 15) is 0 Å². The molecule has 0 saturated carbocycles. The lowest BCUT2D eigenvalue weighted by Gasteiger charge is -2.34. The van der Waals surface area contributed by atoms with Gasteiger partial charge in [0.15, 0.2) is 0 Å². The van der Waals surface area contributed by atoms with Crippen LogP contribution >= 0.6 is 16.1 Å². The van der Waals surface area contributed by atoms with E-state index in [0.29, 0.717) is 11.1 Å². The molecule has 0 fully saturated rings. The monoisotopic (exact) mass is 898 g/mol. The molecule has 4 N–H and O–H groups in total. The lowest BCUT2D eigenvalue weighted by Crippen LogP contribution is -2.24. The normalized spacial score (nSPS) is 13.1. The van der Waals surface area contributed by atoms with Crippen LogP contribution in [0.4, 0.5) is 22.7 Å². The number of amides is 2. The van der Waals surface area contributed by atoms with Gasteiger partial charge >= 0.3 is 0 Å². The zero-order valence-electron chi connectivity index (χ0n) is 36.8. The molecule has 326 valence electrons. The third kappa shape index (κ3) is 9.31. The van der Waals surface area contributed by atoms with E-state index in [1.165, 1.54) is 22.3 Å². The molecule has 10 rings (SSSR count). The van der Waals surface area contributed by atoms with Crippen molar-refractivity contribution in [1.82, 2.24) is 0 Å². The highest BCUT2D eigenvalue weighted by molar-refractivity contribution is 7.74. The van der Waals surface area contributed by atoms with Gasteiger partial charge in [-0.25, -0.2) is 0 Å². The van der Waals surface area contributed by atoms with Crippen LogP contribution in [0.3, 0.4) is 0 Å². The number of anilines is 4. The third-order valence-electron chi connectivity index (χ3n) is 12.6. The molecule has 2 aliphatic carbocycles. The Kier molecular flexibility index (Phi) is 13.1. The topological polar surface area (TPSA) is 82.3 Å². The van der Waals surface area contributed by atoms with E-state index in [0.717, 1.165) is 106 Å². The highest BCUT2D eigenvalue weighted by atomic mass is 31.1. The Hall–Kier alpha value is -6.84. The summed E-state index contributed by atoms with van der Waals surface area (Å²) >= 11 is 0. The van der Waals surface area contributed by atoms with Crippen molar-refractivity contribution >= 4 is 71.9 Å². The number of para-hydroxylation sites is 2. The van der Waals surface area contributed by atoms with Gasteiger partial charge in [0, 0.05) is 43.7 Å². The summed E-state index contributed by atoms with van der Waals surface area (Å²) in [5.74, 6) is -0.349. The molecule has 8 aromatic carbocycles. The van der Waals surface area contributed by atoms with Gasteiger partial charge in [0.25, 0.3) is 11.8 Å². The van der Waals surface area contributed by atoms with Crippen LogP contribution in [0, 0.1) is 0 Å². The molecule has 8 aromatic rings. The van der Waals surface area contributed by atoms with Crippen molar-refractivity contribution in [3.8, 4) is 11.1 Å². The summed E-state index contributed by atoms with van der Waals surface area (Å²) in [7, 11) is -2.47. The number of benzene rings is 8. The van der Waals surface area contributed by atoms with Crippen LogP contribution in [0.5, 0.6) is 0 Å². The quantitative estimate of drug-likeness (QED) is 0.0869. The number of carbonyl (C=O) groups is 2. The molecular formula is C58H52N4O2P2. The van der Waals surface area contributed by atoms with Gasteiger partial charge in [0.05, 0.1) is 38.6 Å². The maximum Gasteiger partial charge on any atom is 0.257 e. The summed E-state index contributed by atoms with van der Waals surface area (Å²) in [4.78, 5) is 30.5. The van der Waals surface area contributed by atoms with E-state index in [-0.39, 0.29) is 11.8 Å². The second-order valence-corrected chi connectivity index (χ2v) is 20.8. The number of hydrogen-bond donors (Lipinski definition) is 4. The Balaban J connectivity index is 1.30. The summed E-state index contributed by atoms with van der Waals surface area (Å²) in [6.07, 6.45) is 7.57. The van der Waals surface area contributed by atoms with Gasteiger partial charge in [-0.1, -0.05) is 158 Å². The van der Waals surface area contributed by atoms with Gasteiger partial charge in [-0.05, 0) is 110 Å². The van der Waals surface area contributed by atoms with Crippen LogP contribution in [0.1, 0.15) is 68.7 Å². The van der Waals surface area contributed by atoms with E-state index in [1.807, 2.05) is 60.7 Å². The summed E-state index contributed by atoms with van der Waals surface area (Å²) in [5, 5.41) is 19.5. The van der Waals surface area contributed by atoms with Crippen molar-refractivity contribution in [3.63, 3.8) is 0 Å². The van der Waals surface area contributed by atoms with Gasteiger partial charge in [0.2, 0.25) is 0 Å². The van der Waals surface area contributed by atoms with E-state index in [2.05, 4.69) is 154 Å². The van der Waals surface area contributed by atoms with Crippen molar-refractivity contribution < 1.29 is 9.59 Å². The second kappa shape index (κ2) is 20.1. The van der Waals surface area contributed by atoms with Crippen molar-refractivity contribution in [1.29, 1.82) is 0 Å². The van der Waals surface area contributed by atoms with Crippen LogP contribution in [-0.2, 0) is 25.7 Å². The van der Waals surface area contributed by atoms with E-state index >= 15 is 9.59 Å². The predicted octanol–water partition coefficient (Wildman–Crippen LogP) is 12.5. The zero-order chi connectivity index (χ0) is 44.7. The predicted molar refractivity (Wildman–Crippen MR) is 279 cm³/mol. The molecule has 0 aromatic heterocycles. The van der Waals surface area contributed by atoms with Gasteiger partial charge in [-0.3, -0.25) is 9.59 Å². The van der Waals surface area contributed by atoms with Crippen molar-refractivity contribution in [2.75, 3.05) is 20.8 Å². The Morgan fingerprint density at radius 2 is 0.652 bits per heavy atom. The summed E-state index contributed by atoms with van der Waals surface area (Å²) in [5.41, 5.74) is 11.2. The third-order valence-corrected chi connectivity index (χ3v) is 16.8. The maximum absolute atomic E-state index is 15.2. The van der Waals surface area contributed by atoms with Crippen molar-refractivity contribution in [2.24, 2.45) is 0 Å². The van der Waals surface area contributed by atoms with E-state index < -0.39 is 16.1 Å². The molecular weight excluding hydrogens is 847 g/mol. The Bertz CT molecular complexity index is 2670. The lowest BCUT2D eigenvalue weighted by atomic mass is 9.77. The number of fused-ring (bicyclic) bond motifs is 2. The number of aryl methyl sites for hydroxylation is 2. The Morgan fingerprint density at radius 3 is 0.970 bits per heavy atom. The van der Waals surface area contributed by atoms with E-state index in [4.69, 9.17) is 0 Å². The molecule has 0 bridgehead atoms. The molecule has 2 aliphatic rings. The standard InChI is InChI=1S/C58H52N4O2P2/c63-57(59-43-25-7-1-8-26-43)51-39-41-23-19-21-37-49(41)53(55(51)61-65(45-29-11-3-12-30-45)46-31-13-4-14-32-46)54-50-38-22-20-24-42(50)40-52(58(64)60-44-27-9-2-10-28-44)56(54)62-66(47-33-15-5-16-34-47)48-35-17-6-18-36-48/h1-18,25-36,39-40,61-62H,19-24,37-38H2,(H,59,63)(H,60,64). The molecule has 0 aliphatic heterocycles. The van der Waals surface area contributed by atoms with Crippen LogP contribution in [0.2, 0.25) is 0 Å². The van der Waals surface area contributed by atoms with E-state index in [1.54, 1.807) is 0 Å². The molecule has 2 amide bonds. The van der Waals surface area contributed by atoms with Gasteiger partial charge < -0.3 is 20.8 Å². The zero-order valence-corrected chi connectivity index (χ0v) is 38.6. The molecule has 8 heteroatoms. The Labute approximate surface area is 390 Å². The number of rotatable bonds is 13. The second-order valence-electron chi connectivity index (χ2n) is 16.9. The average Bonchev–Trinajstić information content (AvgIpc) is 3.38. The highest BCUT2D eigenvalue weighted by Crippen LogP contribution is 2.52. The first-order valence-corrected chi connectivity index (χ1v) is 25.7. The molecule has 0 saturated heterocycles. The molecule has 0 radical (unpaired) electrons. The van der Waals surface area contributed by atoms with Crippen LogP contribution in [0.25, 0.3) is 11.1 Å². The molecule has 0 atom stereocenters. The first-order valence-electron chi connectivity index (χ1n) is 23.0. The number of hydrogen-bond acceptors (Lipinski definition) is 4. The first-order chi connectivity index (χ1) is 32.6. The minimum Gasteiger partial charge on any atom is -0.356 e. The lowest BCUT2D eigenvalue weighted by molar-refractivity contribution is 0.101. The molecule has 66 heavy (non-hydrogen) atoms. The molecule has 0 heterocycles. The van der Waals surface area contributed by atoms with Gasteiger partial charge in [0.1, 0.15) is 0 Å². The van der Waals surface area contributed by atoms with Gasteiger partial charge in [-0.15, -0.1) is 0 Å².